The standard InChI is InChI=1S/C10H12N4/c1-7-8-5-3-4-6-9(8)10(13-12-7)14(2)11/h3-6H,11H2,1-2H3. The number of nitrogens with two attached hydrogens (primary N) is 1. The molecule has 2 N–H and O–H groups in total. The summed E-state index contributed by atoms with van der Waals surface area (Å²) < 4.78 is 0. The van der Waals surface area contributed by atoms with Crippen LogP contribution in [0.4, 0.5) is 5.82 Å². The van der Waals surface area contributed by atoms with Gasteiger partial charge < -0.3 is 0 Å². The lowest BCUT2D eigenvalue weighted by molar-refractivity contribution is 0.916. The van der Waals surface area contributed by atoms with Gasteiger partial charge in [-0.05, 0) is 6.92 Å². The van der Waals surface area contributed by atoms with Crippen molar-refractivity contribution >= 4 is 16.6 Å². The molecule has 0 saturated carbocycles. The average molecular weight is 188 g/mol. The molecule has 72 valence electrons. The van der Waals surface area contributed by atoms with Crippen LogP contribution < -0.4 is 10.9 Å². The summed E-state index contributed by atoms with van der Waals surface area (Å²) in [5.41, 5.74) is 0.922. The molecular weight excluding hydrogens is 176 g/mol. The van der Waals surface area contributed by atoms with E-state index in [1.807, 2.05) is 31.2 Å². The molecule has 1 aromatic carbocycles. The molecule has 0 saturated heterocycles. The van der Waals surface area contributed by atoms with Crippen LogP contribution in [0.15, 0.2) is 24.3 Å². The van der Waals surface area contributed by atoms with E-state index in [0.29, 0.717) is 5.82 Å². The van der Waals surface area contributed by atoms with Crippen molar-refractivity contribution in [3.8, 4) is 0 Å². The van der Waals surface area contributed by atoms with E-state index < -0.39 is 0 Å². The van der Waals surface area contributed by atoms with Gasteiger partial charge in [-0.25, -0.2) is 5.84 Å². The number of rotatable bonds is 1. The van der Waals surface area contributed by atoms with E-state index >= 15 is 0 Å². The minimum atomic E-state index is 0.700. The van der Waals surface area contributed by atoms with E-state index in [1.165, 1.54) is 5.01 Å². The summed E-state index contributed by atoms with van der Waals surface area (Å²) in [5.74, 6) is 6.36. The van der Waals surface area contributed by atoms with Gasteiger partial charge in [0.2, 0.25) is 0 Å². The highest BCUT2D eigenvalue weighted by Crippen LogP contribution is 2.22. The molecular formula is C10H12N4. The van der Waals surface area contributed by atoms with Crippen molar-refractivity contribution in [2.75, 3.05) is 12.1 Å². The molecule has 0 bridgehead atoms. The maximum absolute atomic E-state index is 5.66. The highest BCUT2D eigenvalue weighted by atomic mass is 15.4. The highest BCUT2D eigenvalue weighted by molar-refractivity contribution is 5.92. The van der Waals surface area contributed by atoms with Gasteiger partial charge in [-0.1, -0.05) is 24.3 Å². The highest BCUT2D eigenvalue weighted by Gasteiger charge is 2.06. The van der Waals surface area contributed by atoms with E-state index in [9.17, 15) is 0 Å². The number of aryl methyl sites for hydroxylation is 1. The second kappa shape index (κ2) is 3.23. The number of benzene rings is 1. The molecule has 1 heterocycles. The Balaban J connectivity index is 2.82. The summed E-state index contributed by atoms with van der Waals surface area (Å²) in [6.07, 6.45) is 0. The van der Waals surface area contributed by atoms with Crippen LogP contribution in [0.5, 0.6) is 0 Å². The van der Waals surface area contributed by atoms with Crippen molar-refractivity contribution in [2.45, 2.75) is 6.92 Å². The molecule has 4 nitrogen and oxygen atoms in total. The summed E-state index contributed by atoms with van der Waals surface area (Å²) >= 11 is 0. The largest absolute Gasteiger partial charge is 0.296 e. The topological polar surface area (TPSA) is 55.0 Å². The zero-order valence-corrected chi connectivity index (χ0v) is 8.23. The van der Waals surface area contributed by atoms with Crippen molar-refractivity contribution in [3.63, 3.8) is 0 Å². The smallest absolute Gasteiger partial charge is 0.172 e. The molecule has 0 aliphatic carbocycles. The quantitative estimate of drug-likeness (QED) is 0.540. The molecule has 0 unspecified atom stereocenters. The summed E-state index contributed by atoms with van der Waals surface area (Å²) in [4.78, 5) is 0. The maximum Gasteiger partial charge on any atom is 0.172 e. The monoisotopic (exact) mass is 188 g/mol. The third-order valence-electron chi connectivity index (χ3n) is 2.19. The van der Waals surface area contributed by atoms with Gasteiger partial charge in [0.25, 0.3) is 0 Å². The Hall–Kier alpha value is -1.68. The zero-order chi connectivity index (χ0) is 10.1. The lowest BCUT2D eigenvalue weighted by atomic mass is 10.1. The molecule has 0 aliphatic rings. The SMILES string of the molecule is Cc1nnc(N(C)N)c2ccccc12. The predicted molar refractivity (Wildman–Crippen MR) is 56.9 cm³/mol. The number of fused-ring (bicyclic) bond motifs is 1. The van der Waals surface area contributed by atoms with E-state index in [0.717, 1.165) is 16.5 Å². The normalized spacial score (nSPS) is 10.5. The lowest BCUT2D eigenvalue weighted by Crippen LogP contribution is -2.26. The number of anilines is 1. The Bertz CT molecular complexity index is 465. The zero-order valence-electron chi connectivity index (χ0n) is 8.23. The minimum Gasteiger partial charge on any atom is -0.296 e. The first-order valence-corrected chi connectivity index (χ1v) is 4.40. The second-order valence-electron chi connectivity index (χ2n) is 3.27. The van der Waals surface area contributed by atoms with E-state index in [1.54, 1.807) is 7.05 Å². The van der Waals surface area contributed by atoms with E-state index in [4.69, 9.17) is 5.84 Å². The number of aromatic nitrogens is 2. The van der Waals surface area contributed by atoms with Crippen LogP contribution in [-0.2, 0) is 0 Å². The fraction of sp³-hybridized carbons (Fsp3) is 0.200. The van der Waals surface area contributed by atoms with Gasteiger partial charge in [0.15, 0.2) is 5.82 Å². The van der Waals surface area contributed by atoms with Gasteiger partial charge in [-0.2, -0.15) is 5.10 Å². The molecule has 4 heteroatoms. The molecule has 0 atom stereocenters. The van der Waals surface area contributed by atoms with Gasteiger partial charge in [0, 0.05) is 17.8 Å². The van der Waals surface area contributed by atoms with Gasteiger partial charge in [0.05, 0.1) is 5.69 Å². The number of hydrogen-bond donors (Lipinski definition) is 1. The molecule has 0 radical (unpaired) electrons. The summed E-state index contributed by atoms with van der Waals surface area (Å²) in [6.45, 7) is 1.94. The number of nitrogens with zero attached hydrogens (tertiary/aromatic N) is 3. The minimum absolute atomic E-state index is 0.700. The van der Waals surface area contributed by atoms with Crippen LogP contribution in [0.1, 0.15) is 5.69 Å². The fourth-order valence-electron chi connectivity index (χ4n) is 1.48. The van der Waals surface area contributed by atoms with Gasteiger partial charge in [-0.3, -0.25) is 5.01 Å². The molecule has 14 heavy (non-hydrogen) atoms. The Morgan fingerprint density at radius 3 is 2.43 bits per heavy atom. The Morgan fingerprint density at radius 2 is 1.79 bits per heavy atom. The summed E-state index contributed by atoms with van der Waals surface area (Å²) in [6, 6.07) is 7.97. The number of hydrazine groups is 1. The Kier molecular flexibility index (Phi) is 2.05. The second-order valence-corrected chi connectivity index (χ2v) is 3.27. The summed E-state index contributed by atoms with van der Waals surface area (Å²) in [7, 11) is 1.76. The van der Waals surface area contributed by atoms with Crippen LogP contribution in [0, 0.1) is 6.92 Å². The first-order valence-electron chi connectivity index (χ1n) is 4.40. The van der Waals surface area contributed by atoms with Crippen molar-refractivity contribution < 1.29 is 0 Å². The lowest BCUT2D eigenvalue weighted by Gasteiger charge is -2.13. The molecule has 0 aliphatic heterocycles. The van der Waals surface area contributed by atoms with Gasteiger partial charge in [-0.15, -0.1) is 5.10 Å². The fourth-order valence-corrected chi connectivity index (χ4v) is 1.48. The molecule has 2 rings (SSSR count). The summed E-state index contributed by atoms with van der Waals surface area (Å²) in [5, 5.41) is 11.7. The third kappa shape index (κ3) is 1.29. The first-order chi connectivity index (χ1) is 6.70. The van der Waals surface area contributed by atoms with Crippen LogP contribution in [0.25, 0.3) is 10.8 Å². The van der Waals surface area contributed by atoms with Gasteiger partial charge >= 0.3 is 0 Å². The van der Waals surface area contributed by atoms with Crippen molar-refractivity contribution in [2.24, 2.45) is 5.84 Å². The Morgan fingerprint density at radius 1 is 1.14 bits per heavy atom. The molecule has 0 fully saturated rings. The Labute approximate surface area is 82.3 Å². The maximum atomic E-state index is 5.66. The van der Waals surface area contributed by atoms with Crippen LogP contribution in [0.3, 0.4) is 0 Å². The molecule has 2 aromatic rings. The first kappa shape index (κ1) is 8.90. The van der Waals surface area contributed by atoms with Crippen LogP contribution in [0.2, 0.25) is 0 Å². The molecule has 0 spiro atoms. The van der Waals surface area contributed by atoms with Crippen molar-refractivity contribution in [3.05, 3.63) is 30.0 Å². The van der Waals surface area contributed by atoms with Gasteiger partial charge in [0.1, 0.15) is 0 Å². The average Bonchev–Trinajstić information content (AvgIpc) is 2.18. The predicted octanol–water partition coefficient (Wildman–Crippen LogP) is 1.25. The third-order valence-corrected chi connectivity index (χ3v) is 2.19. The molecule has 1 aromatic heterocycles. The van der Waals surface area contributed by atoms with Crippen molar-refractivity contribution in [1.82, 2.24) is 10.2 Å². The molecule has 0 amide bonds. The van der Waals surface area contributed by atoms with Crippen molar-refractivity contribution in [1.29, 1.82) is 0 Å². The van der Waals surface area contributed by atoms with E-state index in [2.05, 4.69) is 10.2 Å². The van der Waals surface area contributed by atoms with Crippen LogP contribution in [-0.4, -0.2) is 17.2 Å². The van der Waals surface area contributed by atoms with E-state index in [-0.39, 0.29) is 0 Å². The van der Waals surface area contributed by atoms with Crippen LogP contribution >= 0.6 is 0 Å². The number of hydrogen-bond acceptors (Lipinski definition) is 4.